The molecule has 0 aliphatic rings. The Hall–Kier alpha value is -1.86. The highest BCUT2D eigenvalue weighted by Gasteiger charge is 2.29. The number of ether oxygens (including phenoxy) is 1. The van der Waals surface area contributed by atoms with Crippen LogP contribution < -0.4 is 5.32 Å². The Bertz CT molecular complexity index is 498. The summed E-state index contributed by atoms with van der Waals surface area (Å²) in [5.74, 6) is -0.385. The maximum Gasteiger partial charge on any atom is 0.416 e. The smallest absolute Gasteiger partial charge is 0.391 e. The Morgan fingerprint density at radius 2 is 2.00 bits per heavy atom. The van der Waals surface area contributed by atoms with Gasteiger partial charge in [0.15, 0.2) is 0 Å². The van der Waals surface area contributed by atoms with E-state index in [-0.39, 0.29) is 19.1 Å². The molecule has 1 aromatic carbocycles. The summed E-state index contributed by atoms with van der Waals surface area (Å²) in [6, 6.07) is 4.49. The second kappa shape index (κ2) is 8.55. The van der Waals surface area contributed by atoms with E-state index < -0.39 is 17.8 Å². The third kappa shape index (κ3) is 6.73. The number of rotatable bonds is 7. The summed E-state index contributed by atoms with van der Waals surface area (Å²) in [6.07, 6.45) is -2.02. The maximum atomic E-state index is 12.4. The van der Waals surface area contributed by atoms with Crippen LogP contribution in [0.2, 0.25) is 0 Å². The predicted molar refractivity (Wildman–Crippen MR) is 76.0 cm³/mol. The van der Waals surface area contributed by atoms with Crippen molar-refractivity contribution < 1.29 is 27.8 Å². The Labute approximate surface area is 126 Å². The van der Waals surface area contributed by atoms with Crippen LogP contribution in [0.3, 0.4) is 0 Å². The first-order valence-electron chi connectivity index (χ1n) is 6.63. The molecule has 0 bridgehead atoms. The van der Waals surface area contributed by atoms with E-state index in [2.05, 4.69) is 5.32 Å². The van der Waals surface area contributed by atoms with Crippen LogP contribution in [0.25, 0.3) is 6.08 Å². The molecule has 1 atom stereocenters. The van der Waals surface area contributed by atoms with Crippen molar-refractivity contribution in [2.45, 2.75) is 18.7 Å². The van der Waals surface area contributed by atoms with Gasteiger partial charge in [-0.15, -0.1) is 0 Å². The van der Waals surface area contributed by atoms with Gasteiger partial charge < -0.3 is 15.2 Å². The Kier molecular flexibility index (Phi) is 7.07. The van der Waals surface area contributed by atoms with Crippen LogP contribution in [0.1, 0.15) is 17.5 Å². The SMILES string of the molecule is COCC(O)CCNC(=O)/C=C/c1ccc(C(F)(F)F)cc1. The van der Waals surface area contributed by atoms with Gasteiger partial charge >= 0.3 is 6.18 Å². The molecule has 1 amide bonds. The lowest BCUT2D eigenvalue weighted by molar-refractivity contribution is -0.137. The molecule has 0 aliphatic carbocycles. The number of amides is 1. The van der Waals surface area contributed by atoms with Crippen LogP contribution in [0.5, 0.6) is 0 Å². The molecular weight excluding hydrogens is 299 g/mol. The number of nitrogens with one attached hydrogen (secondary N) is 1. The van der Waals surface area contributed by atoms with Crippen LogP contribution in [0, 0.1) is 0 Å². The summed E-state index contributed by atoms with van der Waals surface area (Å²) in [7, 11) is 1.47. The molecule has 0 fully saturated rings. The van der Waals surface area contributed by atoms with Gasteiger partial charge in [-0.2, -0.15) is 13.2 Å². The number of alkyl halides is 3. The number of carbonyl (C=O) groups excluding carboxylic acids is 1. The standard InChI is InChI=1S/C15H18F3NO3/c1-22-10-13(20)8-9-19-14(21)7-4-11-2-5-12(6-3-11)15(16,17)18/h2-7,13,20H,8-10H2,1H3,(H,19,21)/b7-4+. The minimum Gasteiger partial charge on any atom is -0.391 e. The van der Waals surface area contributed by atoms with Crippen molar-refractivity contribution in [2.24, 2.45) is 0 Å². The lowest BCUT2D eigenvalue weighted by Crippen LogP contribution is -2.27. The molecule has 1 aromatic rings. The van der Waals surface area contributed by atoms with E-state index >= 15 is 0 Å². The van der Waals surface area contributed by atoms with E-state index in [1.165, 1.54) is 31.4 Å². The molecule has 1 rings (SSSR count). The van der Waals surface area contributed by atoms with Gasteiger partial charge in [0.1, 0.15) is 0 Å². The normalized spacial score (nSPS) is 13.3. The first kappa shape index (κ1) is 18.2. The van der Waals surface area contributed by atoms with Crippen molar-refractivity contribution in [3.05, 3.63) is 41.5 Å². The molecule has 1 unspecified atom stereocenters. The van der Waals surface area contributed by atoms with E-state index in [9.17, 15) is 23.1 Å². The fourth-order valence-electron chi connectivity index (χ4n) is 1.65. The van der Waals surface area contributed by atoms with Crippen molar-refractivity contribution in [2.75, 3.05) is 20.3 Å². The monoisotopic (exact) mass is 317 g/mol. The topological polar surface area (TPSA) is 58.6 Å². The summed E-state index contributed by atoms with van der Waals surface area (Å²) in [4.78, 5) is 11.5. The van der Waals surface area contributed by atoms with E-state index in [4.69, 9.17) is 4.74 Å². The molecule has 0 saturated heterocycles. The third-order valence-corrected chi connectivity index (χ3v) is 2.80. The lowest BCUT2D eigenvalue weighted by atomic mass is 10.1. The largest absolute Gasteiger partial charge is 0.416 e. The summed E-state index contributed by atoms with van der Waals surface area (Å²) in [5.41, 5.74) is -0.246. The molecule has 0 spiro atoms. The van der Waals surface area contributed by atoms with Crippen LogP contribution in [-0.2, 0) is 15.7 Å². The number of halogens is 3. The number of hydrogen-bond acceptors (Lipinski definition) is 3. The summed E-state index contributed by atoms with van der Waals surface area (Å²) < 4.78 is 41.9. The van der Waals surface area contributed by atoms with Crippen LogP contribution in [0.15, 0.2) is 30.3 Å². The maximum absolute atomic E-state index is 12.4. The Balaban J connectivity index is 2.42. The molecule has 0 saturated carbocycles. The van der Waals surface area contributed by atoms with Crippen molar-refractivity contribution in [3.63, 3.8) is 0 Å². The molecule has 7 heteroatoms. The van der Waals surface area contributed by atoms with Crippen molar-refractivity contribution >= 4 is 12.0 Å². The lowest BCUT2D eigenvalue weighted by Gasteiger charge is -2.09. The highest BCUT2D eigenvalue weighted by Crippen LogP contribution is 2.29. The van der Waals surface area contributed by atoms with Gasteiger partial charge in [-0.1, -0.05) is 12.1 Å². The number of hydrogen-bond donors (Lipinski definition) is 2. The predicted octanol–water partition coefficient (Wildman–Crippen LogP) is 2.23. The summed E-state index contributed by atoms with van der Waals surface area (Å²) in [5, 5.41) is 11.9. The molecule has 0 aromatic heterocycles. The van der Waals surface area contributed by atoms with E-state index in [1.807, 2.05) is 0 Å². The number of carbonyl (C=O) groups is 1. The van der Waals surface area contributed by atoms with Gasteiger partial charge in [0, 0.05) is 19.7 Å². The first-order chi connectivity index (χ1) is 10.3. The second-order valence-electron chi connectivity index (χ2n) is 4.64. The average Bonchev–Trinajstić information content (AvgIpc) is 2.45. The van der Waals surface area contributed by atoms with E-state index in [0.29, 0.717) is 12.0 Å². The highest BCUT2D eigenvalue weighted by molar-refractivity contribution is 5.91. The molecule has 0 radical (unpaired) electrons. The fourth-order valence-corrected chi connectivity index (χ4v) is 1.65. The van der Waals surface area contributed by atoms with Crippen LogP contribution in [-0.4, -0.2) is 37.4 Å². The molecule has 0 aliphatic heterocycles. The minimum absolute atomic E-state index is 0.192. The zero-order valence-electron chi connectivity index (χ0n) is 12.1. The van der Waals surface area contributed by atoms with Gasteiger partial charge in [0.25, 0.3) is 0 Å². The van der Waals surface area contributed by atoms with Gasteiger partial charge in [-0.25, -0.2) is 0 Å². The van der Waals surface area contributed by atoms with E-state index in [0.717, 1.165) is 12.1 Å². The van der Waals surface area contributed by atoms with E-state index in [1.54, 1.807) is 0 Å². The molecule has 22 heavy (non-hydrogen) atoms. The number of aliphatic hydroxyl groups excluding tert-OH is 1. The molecule has 0 heterocycles. The molecular formula is C15H18F3NO3. The number of benzene rings is 1. The quantitative estimate of drug-likeness (QED) is 0.758. The molecule has 2 N–H and O–H groups in total. The Morgan fingerprint density at radius 1 is 1.36 bits per heavy atom. The summed E-state index contributed by atoms with van der Waals surface area (Å²) in [6.45, 7) is 0.470. The van der Waals surface area contributed by atoms with Crippen LogP contribution in [0.4, 0.5) is 13.2 Å². The van der Waals surface area contributed by atoms with Crippen molar-refractivity contribution in [3.8, 4) is 0 Å². The first-order valence-corrected chi connectivity index (χ1v) is 6.63. The fraction of sp³-hybridized carbons (Fsp3) is 0.400. The van der Waals surface area contributed by atoms with Gasteiger partial charge in [-0.05, 0) is 30.2 Å². The van der Waals surface area contributed by atoms with Gasteiger partial charge in [-0.3, -0.25) is 4.79 Å². The third-order valence-electron chi connectivity index (χ3n) is 2.80. The second-order valence-corrected chi connectivity index (χ2v) is 4.64. The highest BCUT2D eigenvalue weighted by atomic mass is 19.4. The van der Waals surface area contributed by atoms with Crippen molar-refractivity contribution in [1.29, 1.82) is 0 Å². The number of aliphatic hydroxyl groups is 1. The number of methoxy groups -OCH3 is 1. The van der Waals surface area contributed by atoms with Gasteiger partial charge in [0.05, 0.1) is 18.3 Å². The minimum atomic E-state index is -4.37. The molecule has 122 valence electrons. The summed E-state index contributed by atoms with van der Waals surface area (Å²) >= 11 is 0. The molecule has 4 nitrogen and oxygen atoms in total. The average molecular weight is 317 g/mol. The van der Waals surface area contributed by atoms with Crippen LogP contribution >= 0.6 is 0 Å². The zero-order chi connectivity index (χ0) is 16.6. The zero-order valence-corrected chi connectivity index (χ0v) is 12.1. The van der Waals surface area contributed by atoms with Gasteiger partial charge in [0.2, 0.25) is 5.91 Å². The van der Waals surface area contributed by atoms with Crippen molar-refractivity contribution in [1.82, 2.24) is 5.32 Å². The Morgan fingerprint density at radius 3 is 2.55 bits per heavy atom.